The Morgan fingerprint density at radius 2 is 1.73 bits per heavy atom. The summed E-state index contributed by atoms with van der Waals surface area (Å²) in [5.74, 6) is -0.0783. The van der Waals surface area contributed by atoms with Crippen molar-refractivity contribution >= 4 is 23.4 Å². The molecule has 138 valence electrons. The summed E-state index contributed by atoms with van der Waals surface area (Å²) < 4.78 is 0. The van der Waals surface area contributed by atoms with E-state index in [-0.39, 0.29) is 23.6 Å². The highest BCUT2D eigenvalue weighted by Crippen LogP contribution is 2.24. The maximum absolute atomic E-state index is 12.7. The summed E-state index contributed by atoms with van der Waals surface area (Å²) in [4.78, 5) is 39.7. The van der Waals surface area contributed by atoms with Crippen molar-refractivity contribution < 1.29 is 14.4 Å². The van der Waals surface area contributed by atoms with Gasteiger partial charge in [-0.15, -0.1) is 0 Å². The van der Waals surface area contributed by atoms with Crippen molar-refractivity contribution in [2.45, 2.75) is 31.7 Å². The molecular formula is C20H25N3O3. The van der Waals surface area contributed by atoms with Gasteiger partial charge in [-0.2, -0.15) is 0 Å². The quantitative estimate of drug-likeness (QED) is 0.821. The van der Waals surface area contributed by atoms with Gasteiger partial charge in [-0.25, -0.2) is 0 Å². The van der Waals surface area contributed by atoms with Gasteiger partial charge >= 0.3 is 0 Å². The molecule has 1 aliphatic carbocycles. The molecule has 6 nitrogen and oxygen atoms in total. The number of carbonyl (C=O) groups is 3. The Balaban J connectivity index is 1.55. The number of piperidine rings is 1. The van der Waals surface area contributed by atoms with Crippen LogP contribution in [0.15, 0.2) is 36.9 Å². The zero-order valence-corrected chi connectivity index (χ0v) is 15.1. The van der Waals surface area contributed by atoms with Crippen LogP contribution in [0.2, 0.25) is 0 Å². The smallest absolute Gasteiger partial charge is 0.253 e. The Labute approximate surface area is 153 Å². The molecule has 26 heavy (non-hydrogen) atoms. The summed E-state index contributed by atoms with van der Waals surface area (Å²) in [6.45, 7) is 4.66. The molecule has 0 spiro atoms. The van der Waals surface area contributed by atoms with Gasteiger partial charge in [-0.1, -0.05) is 6.58 Å². The predicted octanol–water partition coefficient (Wildman–Crippen LogP) is 1.97. The molecule has 0 radical (unpaired) electrons. The Morgan fingerprint density at radius 1 is 1.12 bits per heavy atom. The standard InChI is InChI=1S/C20H25N3O3/c1-3-18(24)22(2)17-8-4-15(5-9-17)20(26)23-12-10-14(11-13-23)19(25)21-16-6-7-16/h3-5,8-9,14,16H,1,6-7,10-13H2,2H3,(H,21,25). The Hall–Kier alpha value is -2.63. The van der Waals surface area contributed by atoms with Crippen LogP contribution in [-0.2, 0) is 9.59 Å². The van der Waals surface area contributed by atoms with Crippen LogP contribution >= 0.6 is 0 Å². The van der Waals surface area contributed by atoms with E-state index >= 15 is 0 Å². The number of rotatable bonds is 5. The van der Waals surface area contributed by atoms with Crippen molar-refractivity contribution in [2.75, 3.05) is 25.0 Å². The first-order valence-electron chi connectivity index (χ1n) is 9.09. The first kappa shape index (κ1) is 18.2. The number of carbonyl (C=O) groups excluding carboxylic acids is 3. The summed E-state index contributed by atoms with van der Waals surface area (Å²) >= 11 is 0. The number of amides is 3. The van der Waals surface area contributed by atoms with Crippen molar-refractivity contribution in [3.63, 3.8) is 0 Å². The van der Waals surface area contributed by atoms with Crippen LogP contribution in [0.5, 0.6) is 0 Å². The van der Waals surface area contributed by atoms with Crippen molar-refractivity contribution in [2.24, 2.45) is 5.92 Å². The first-order chi connectivity index (χ1) is 12.5. The molecule has 0 atom stereocenters. The highest BCUT2D eigenvalue weighted by atomic mass is 16.2. The molecule has 1 N–H and O–H groups in total. The fraction of sp³-hybridized carbons (Fsp3) is 0.450. The van der Waals surface area contributed by atoms with Crippen LogP contribution in [0.1, 0.15) is 36.0 Å². The maximum Gasteiger partial charge on any atom is 0.253 e. The minimum absolute atomic E-state index is 0.0144. The van der Waals surface area contributed by atoms with Gasteiger partial charge in [0.25, 0.3) is 5.91 Å². The number of hydrogen-bond acceptors (Lipinski definition) is 3. The molecule has 3 amide bonds. The SMILES string of the molecule is C=CC(=O)N(C)c1ccc(C(=O)N2CCC(C(=O)NC3CC3)CC2)cc1. The number of nitrogens with one attached hydrogen (secondary N) is 1. The summed E-state index contributed by atoms with van der Waals surface area (Å²) in [5, 5.41) is 3.05. The number of nitrogens with zero attached hydrogens (tertiary/aromatic N) is 2. The fourth-order valence-electron chi connectivity index (χ4n) is 3.17. The summed E-state index contributed by atoms with van der Waals surface area (Å²) in [6.07, 6.45) is 4.85. The largest absolute Gasteiger partial charge is 0.353 e. The molecule has 2 aliphatic rings. The highest BCUT2D eigenvalue weighted by molar-refractivity contribution is 6.01. The molecule has 1 saturated heterocycles. The zero-order chi connectivity index (χ0) is 18.7. The van der Waals surface area contributed by atoms with Crippen LogP contribution in [0.3, 0.4) is 0 Å². The molecule has 2 fully saturated rings. The molecule has 0 bridgehead atoms. The lowest BCUT2D eigenvalue weighted by Crippen LogP contribution is -2.43. The van der Waals surface area contributed by atoms with Crippen molar-refractivity contribution in [1.82, 2.24) is 10.2 Å². The van der Waals surface area contributed by atoms with Crippen LogP contribution in [-0.4, -0.2) is 48.8 Å². The lowest BCUT2D eigenvalue weighted by atomic mass is 9.95. The lowest BCUT2D eigenvalue weighted by Gasteiger charge is -2.31. The fourth-order valence-corrected chi connectivity index (χ4v) is 3.17. The Morgan fingerprint density at radius 3 is 2.27 bits per heavy atom. The van der Waals surface area contributed by atoms with Crippen LogP contribution in [0, 0.1) is 5.92 Å². The van der Waals surface area contributed by atoms with Gasteiger partial charge in [0.2, 0.25) is 11.8 Å². The third-order valence-electron chi connectivity index (χ3n) is 5.08. The molecule has 1 aromatic rings. The number of likely N-dealkylation sites (N-methyl/N-ethyl adjacent to an activating group) is 1. The Bertz CT molecular complexity index is 702. The molecule has 3 rings (SSSR count). The van der Waals surface area contributed by atoms with E-state index in [0.29, 0.717) is 43.2 Å². The third-order valence-corrected chi connectivity index (χ3v) is 5.08. The number of likely N-dealkylation sites (tertiary alicyclic amines) is 1. The molecule has 6 heteroatoms. The third kappa shape index (κ3) is 4.12. The van der Waals surface area contributed by atoms with Crippen molar-refractivity contribution in [3.8, 4) is 0 Å². The van der Waals surface area contributed by atoms with Gasteiger partial charge < -0.3 is 15.1 Å². The molecule has 1 saturated carbocycles. The molecule has 1 aliphatic heterocycles. The van der Waals surface area contributed by atoms with E-state index < -0.39 is 0 Å². The minimum atomic E-state index is -0.198. The van der Waals surface area contributed by atoms with E-state index in [0.717, 1.165) is 12.8 Å². The summed E-state index contributed by atoms with van der Waals surface area (Å²) in [5.41, 5.74) is 1.30. The van der Waals surface area contributed by atoms with Crippen LogP contribution in [0.4, 0.5) is 5.69 Å². The highest BCUT2D eigenvalue weighted by Gasteiger charge is 2.31. The normalized spacial score (nSPS) is 17.5. The molecule has 1 aromatic carbocycles. The van der Waals surface area contributed by atoms with Gasteiger partial charge in [0.05, 0.1) is 0 Å². The molecule has 0 aromatic heterocycles. The topological polar surface area (TPSA) is 69.7 Å². The van der Waals surface area contributed by atoms with E-state index in [4.69, 9.17) is 0 Å². The van der Waals surface area contributed by atoms with E-state index in [1.807, 2.05) is 0 Å². The van der Waals surface area contributed by atoms with Crippen LogP contribution < -0.4 is 10.2 Å². The lowest BCUT2D eigenvalue weighted by molar-refractivity contribution is -0.126. The van der Waals surface area contributed by atoms with Gasteiger partial charge in [-0.05, 0) is 56.0 Å². The maximum atomic E-state index is 12.7. The second kappa shape index (κ2) is 7.72. The van der Waals surface area contributed by atoms with E-state index in [9.17, 15) is 14.4 Å². The monoisotopic (exact) mass is 355 g/mol. The predicted molar refractivity (Wildman–Crippen MR) is 99.8 cm³/mol. The van der Waals surface area contributed by atoms with Gasteiger partial charge in [0.1, 0.15) is 0 Å². The average molecular weight is 355 g/mol. The molecular weight excluding hydrogens is 330 g/mol. The summed E-state index contributed by atoms with van der Waals surface area (Å²) in [6, 6.07) is 7.36. The average Bonchev–Trinajstić information content (AvgIpc) is 3.50. The van der Waals surface area contributed by atoms with Gasteiger partial charge in [0.15, 0.2) is 0 Å². The van der Waals surface area contributed by atoms with Crippen molar-refractivity contribution in [1.29, 1.82) is 0 Å². The van der Waals surface area contributed by atoms with Crippen LogP contribution in [0.25, 0.3) is 0 Å². The Kier molecular flexibility index (Phi) is 5.40. The molecule has 0 unspecified atom stereocenters. The van der Waals surface area contributed by atoms with Crippen molar-refractivity contribution in [3.05, 3.63) is 42.5 Å². The van der Waals surface area contributed by atoms with E-state index in [1.54, 1.807) is 36.2 Å². The second-order valence-corrected chi connectivity index (χ2v) is 7.00. The van der Waals surface area contributed by atoms with Gasteiger partial charge in [0, 0.05) is 43.3 Å². The van der Waals surface area contributed by atoms with E-state index in [2.05, 4.69) is 11.9 Å². The minimum Gasteiger partial charge on any atom is -0.353 e. The first-order valence-corrected chi connectivity index (χ1v) is 9.09. The number of anilines is 1. The van der Waals surface area contributed by atoms with Gasteiger partial charge in [-0.3, -0.25) is 14.4 Å². The summed E-state index contributed by atoms with van der Waals surface area (Å²) in [7, 11) is 1.66. The second-order valence-electron chi connectivity index (χ2n) is 7.00. The molecule has 1 heterocycles. The number of hydrogen-bond donors (Lipinski definition) is 1. The zero-order valence-electron chi connectivity index (χ0n) is 15.1. The van der Waals surface area contributed by atoms with E-state index in [1.165, 1.54) is 11.0 Å². The number of benzene rings is 1.